The van der Waals surface area contributed by atoms with Crippen LogP contribution in [0.15, 0.2) is 24.3 Å². The summed E-state index contributed by atoms with van der Waals surface area (Å²) in [5, 5.41) is 28.5. The van der Waals surface area contributed by atoms with Crippen molar-refractivity contribution < 1.29 is 39.0 Å². The number of thioether (sulfide) groups is 1. The molecule has 0 saturated carbocycles. The van der Waals surface area contributed by atoms with Gasteiger partial charge in [0, 0.05) is 6.42 Å². The van der Waals surface area contributed by atoms with Crippen LogP contribution in [-0.2, 0) is 35.2 Å². The zero-order chi connectivity index (χ0) is 31.7. The van der Waals surface area contributed by atoms with Crippen LogP contribution >= 0.6 is 11.8 Å². The Balaban J connectivity index is 2.90. The predicted octanol–water partition coefficient (Wildman–Crippen LogP) is -2.33. The molecule has 16 heteroatoms. The second-order valence-corrected chi connectivity index (χ2v) is 10.5. The van der Waals surface area contributed by atoms with Crippen LogP contribution in [-0.4, -0.2) is 95.0 Å². The highest BCUT2D eigenvalue weighted by molar-refractivity contribution is 7.98. The molecule has 1 aromatic carbocycles. The Morgan fingerprint density at radius 2 is 1.52 bits per heavy atom. The molecule has 234 valence electrons. The van der Waals surface area contributed by atoms with E-state index in [9.17, 15) is 39.0 Å². The molecule has 0 fully saturated rings. The van der Waals surface area contributed by atoms with Gasteiger partial charge in [0.05, 0.1) is 19.0 Å². The molecule has 0 aromatic heterocycles. The van der Waals surface area contributed by atoms with E-state index in [1.165, 1.54) is 23.9 Å². The number of nitrogens with one attached hydrogen (secondary N) is 4. The van der Waals surface area contributed by atoms with E-state index in [-0.39, 0.29) is 18.6 Å². The van der Waals surface area contributed by atoms with E-state index in [0.717, 1.165) is 0 Å². The average Bonchev–Trinajstić information content (AvgIpc) is 2.93. The number of aromatic hydroxyl groups is 1. The summed E-state index contributed by atoms with van der Waals surface area (Å²) in [7, 11) is 0. The molecular weight excluding hydrogens is 570 g/mol. The fraction of sp³-hybridized carbons (Fsp3) is 0.538. The Labute approximate surface area is 248 Å². The summed E-state index contributed by atoms with van der Waals surface area (Å²) in [6, 6.07) is 1.28. The maximum absolute atomic E-state index is 13.0. The van der Waals surface area contributed by atoms with Gasteiger partial charge < -0.3 is 48.7 Å². The van der Waals surface area contributed by atoms with E-state index in [1.807, 2.05) is 0 Å². The van der Waals surface area contributed by atoms with Crippen molar-refractivity contribution in [3.05, 3.63) is 29.8 Å². The Morgan fingerprint density at radius 1 is 0.881 bits per heavy atom. The van der Waals surface area contributed by atoms with Crippen LogP contribution < -0.4 is 38.5 Å². The number of primary amides is 1. The standard InChI is InChI=1S/C26H41N7O8S/c1-42-11-9-18(25(39)33-20(26(40)41)13-21(29)35)31-22(36)14-30-24(38)19(12-15-5-7-16(34)8-6-15)32-23(37)17(28)4-2-3-10-27/h5-8,17-20,34H,2-4,9-14,27-28H2,1H3,(H2,29,35)(H,30,38)(H,31,36)(H,32,37)(H,33,39)(H,40,41). The number of phenols is 1. The molecule has 0 saturated heterocycles. The van der Waals surface area contributed by atoms with Crippen molar-refractivity contribution >= 4 is 47.3 Å². The van der Waals surface area contributed by atoms with Crippen LogP contribution in [0.1, 0.15) is 37.7 Å². The van der Waals surface area contributed by atoms with Crippen molar-refractivity contribution in [3.8, 4) is 5.75 Å². The number of aliphatic carboxylic acids is 1. The highest BCUT2D eigenvalue weighted by atomic mass is 32.2. The summed E-state index contributed by atoms with van der Waals surface area (Å²) in [5.41, 5.74) is 17.1. The fourth-order valence-corrected chi connectivity index (χ4v) is 4.18. The van der Waals surface area contributed by atoms with Crippen LogP contribution in [0, 0.1) is 0 Å². The molecule has 0 radical (unpaired) electrons. The van der Waals surface area contributed by atoms with Crippen LogP contribution in [0.3, 0.4) is 0 Å². The lowest BCUT2D eigenvalue weighted by molar-refractivity contribution is -0.143. The molecule has 0 aliphatic carbocycles. The fourth-order valence-electron chi connectivity index (χ4n) is 3.71. The molecule has 1 aromatic rings. The quantitative estimate of drug-likeness (QED) is 0.0706. The molecule has 4 unspecified atom stereocenters. The number of carbonyl (C=O) groups is 6. The minimum Gasteiger partial charge on any atom is -0.508 e. The Morgan fingerprint density at radius 3 is 2.10 bits per heavy atom. The number of rotatable bonds is 20. The van der Waals surface area contributed by atoms with E-state index >= 15 is 0 Å². The number of carboxylic acids is 1. The monoisotopic (exact) mass is 611 g/mol. The van der Waals surface area contributed by atoms with E-state index in [0.29, 0.717) is 37.1 Å². The van der Waals surface area contributed by atoms with Gasteiger partial charge in [0.15, 0.2) is 0 Å². The van der Waals surface area contributed by atoms with E-state index in [4.69, 9.17) is 17.2 Å². The molecule has 1 rings (SSSR count). The lowest BCUT2D eigenvalue weighted by Gasteiger charge is -2.22. The number of amides is 5. The topological polar surface area (TPSA) is 269 Å². The number of unbranched alkanes of at least 4 members (excludes halogenated alkanes) is 1. The summed E-state index contributed by atoms with van der Waals surface area (Å²) in [6.45, 7) is -0.106. The highest BCUT2D eigenvalue weighted by Gasteiger charge is 2.28. The van der Waals surface area contributed by atoms with Crippen LogP contribution in [0.5, 0.6) is 5.75 Å². The third-order valence-corrected chi connectivity index (χ3v) is 6.66. The third-order valence-electron chi connectivity index (χ3n) is 6.02. The van der Waals surface area contributed by atoms with Crippen LogP contribution in [0.2, 0.25) is 0 Å². The van der Waals surface area contributed by atoms with Gasteiger partial charge in [0.2, 0.25) is 29.5 Å². The van der Waals surface area contributed by atoms with Crippen molar-refractivity contribution in [2.24, 2.45) is 17.2 Å². The van der Waals surface area contributed by atoms with Crippen molar-refractivity contribution in [1.82, 2.24) is 21.3 Å². The van der Waals surface area contributed by atoms with Crippen molar-refractivity contribution in [1.29, 1.82) is 0 Å². The lowest BCUT2D eigenvalue weighted by Crippen LogP contribution is -2.55. The molecule has 4 atom stereocenters. The summed E-state index contributed by atoms with van der Waals surface area (Å²) < 4.78 is 0. The lowest BCUT2D eigenvalue weighted by atomic mass is 10.0. The first-order valence-corrected chi connectivity index (χ1v) is 14.7. The number of nitrogens with two attached hydrogens (primary N) is 3. The van der Waals surface area contributed by atoms with Crippen LogP contribution in [0.4, 0.5) is 0 Å². The number of benzene rings is 1. The summed E-state index contributed by atoms with van der Waals surface area (Å²) in [5.74, 6) is -4.79. The molecule has 0 spiro atoms. The van der Waals surface area contributed by atoms with Gasteiger partial charge in [0.25, 0.3) is 0 Å². The van der Waals surface area contributed by atoms with Crippen molar-refractivity contribution in [2.75, 3.05) is 25.1 Å². The highest BCUT2D eigenvalue weighted by Crippen LogP contribution is 2.12. The van der Waals surface area contributed by atoms with E-state index in [1.54, 1.807) is 18.4 Å². The normalized spacial score (nSPS) is 13.6. The molecule has 15 nitrogen and oxygen atoms in total. The summed E-state index contributed by atoms with van der Waals surface area (Å²) in [4.78, 5) is 73.6. The van der Waals surface area contributed by atoms with E-state index in [2.05, 4.69) is 21.3 Å². The average molecular weight is 612 g/mol. The van der Waals surface area contributed by atoms with Gasteiger partial charge >= 0.3 is 5.97 Å². The predicted molar refractivity (Wildman–Crippen MR) is 156 cm³/mol. The molecule has 0 bridgehead atoms. The second kappa shape index (κ2) is 19.3. The van der Waals surface area contributed by atoms with Gasteiger partial charge in [-0.05, 0) is 55.5 Å². The van der Waals surface area contributed by atoms with Gasteiger partial charge in [-0.2, -0.15) is 11.8 Å². The molecule has 0 aliphatic heterocycles. The largest absolute Gasteiger partial charge is 0.508 e. The summed E-state index contributed by atoms with van der Waals surface area (Å²) >= 11 is 1.38. The Bertz CT molecular complexity index is 1070. The third kappa shape index (κ3) is 14.1. The van der Waals surface area contributed by atoms with E-state index < -0.39 is 72.6 Å². The number of hydrogen-bond acceptors (Lipinski definition) is 10. The van der Waals surface area contributed by atoms with Crippen LogP contribution in [0.25, 0.3) is 0 Å². The zero-order valence-corrected chi connectivity index (χ0v) is 24.3. The molecule has 5 amide bonds. The maximum atomic E-state index is 13.0. The van der Waals surface area contributed by atoms with Crippen molar-refractivity contribution in [2.45, 2.75) is 62.7 Å². The number of carboxylic acid groups (broad SMARTS) is 1. The molecule has 0 heterocycles. The number of carbonyl (C=O) groups excluding carboxylic acids is 5. The minimum absolute atomic E-state index is 0.0201. The van der Waals surface area contributed by atoms with Gasteiger partial charge in [0.1, 0.15) is 23.9 Å². The molecular formula is C26H41N7O8S. The maximum Gasteiger partial charge on any atom is 0.326 e. The smallest absolute Gasteiger partial charge is 0.326 e. The van der Waals surface area contributed by atoms with Gasteiger partial charge in [-0.1, -0.05) is 18.6 Å². The Hall–Kier alpha value is -3.89. The molecule has 0 aliphatic rings. The second-order valence-electron chi connectivity index (χ2n) is 9.51. The number of phenolic OH excluding ortho intramolecular Hbond substituents is 1. The zero-order valence-electron chi connectivity index (χ0n) is 23.5. The SMILES string of the molecule is CSCCC(NC(=O)CNC(=O)C(Cc1ccc(O)cc1)NC(=O)C(N)CCCCN)C(=O)NC(CC(N)=O)C(=O)O. The van der Waals surface area contributed by atoms with Crippen molar-refractivity contribution in [3.63, 3.8) is 0 Å². The summed E-state index contributed by atoms with van der Waals surface area (Å²) in [6.07, 6.45) is 2.98. The number of hydrogen-bond donors (Lipinski definition) is 9. The minimum atomic E-state index is -1.57. The molecule has 42 heavy (non-hydrogen) atoms. The Kier molecular flexibility index (Phi) is 16.6. The van der Waals surface area contributed by atoms with Gasteiger partial charge in [-0.15, -0.1) is 0 Å². The first-order chi connectivity index (χ1) is 19.9. The first-order valence-electron chi connectivity index (χ1n) is 13.3. The molecule has 12 N–H and O–H groups in total. The van der Waals surface area contributed by atoms with Gasteiger partial charge in [-0.25, -0.2) is 4.79 Å². The first kappa shape index (κ1) is 36.1. The van der Waals surface area contributed by atoms with Gasteiger partial charge in [-0.3, -0.25) is 24.0 Å².